The lowest BCUT2D eigenvalue weighted by Crippen LogP contribution is -2.43. The summed E-state index contributed by atoms with van der Waals surface area (Å²) >= 11 is 1.77. The standard InChI is InChI=1S/C17H28N4OS.HI/c1-5-14-8-6-7-9-15(14)12-19-17(18-10-11-23-4)20-13-16(22)21(2)3;/h6-9H,5,10-13H2,1-4H3,(H2,18,19,20);1H. The minimum Gasteiger partial charge on any atom is -0.356 e. The average molecular weight is 464 g/mol. The highest BCUT2D eigenvalue weighted by Crippen LogP contribution is 2.10. The first kappa shape index (κ1) is 23.0. The van der Waals surface area contributed by atoms with Gasteiger partial charge in [-0.25, -0.2) is 4.99 Å². The lowest BCUT2D eigenvalue weighted by atomic mass is 10.1. The number of amides is 1. The van der Waals surface area contributed by atoms with Gasteiger partial charge in [-0.2, -0.15) is 11.8 Å². The Balaban J connectivity index is 0.00000529. The summed E-state index contributed by atoms with van der Waals surface area (Å²) in [5.74, 6) is 1.70. The number of aliphatic imine (C=N–C) groups is 1. The van der Waals surface area contributed by atoms with Crippen LogP contribution in [0.15, 0.2) is 29.3 Å². The van der Waals surface area contributed by atoms with Crippen LogP contribution in [-0.4, -0.2) is 56.0 Å². The number of rotatable bonds is 8. The van der Waals surface area contributed by atoms with Crippen LogP contribution in [0.2, 0.25) is 0 Å². The van der Waals surface area contributed by atoms with Crippen molar-refractivity contribution in [3.63, 3.8) is 0 Å². The summed E-state index contributed by atoms with van der Waals surface area (Å²) in [4.78, 5) is 17.9. The number of hydrogen-bond donors (Lipinski definition) is 2. The molecular weight excluding hydrogens is 435 g/mol. The molecule has 0 spiro atoms. The Morgan fingerprint density at radius 3 is 2.46 bits per heavy atom. The molecule has 0 bridgehead atoms. The Kier molecular flexibility index (Phi) is 12.8. The zero-order valence-electron chi connectivity index (χ0n) is 15.0. The maximum Gasteiger partial charge on any atom is 0.241 e. The lowest BCUT2D eigenvalue weighted by molar-refractivity contribution is -0.127. The Morgan fingerprint density at radius 2 is 1.88 bits per heavy atom. The number of hydrogen-bond acceptors (Lipinski definition) is 3. The molecule has 0 aliphatic rings. The number of nitrogens with zero attached hydrogens (tertiary/aromatic N) is 2. The van der Waals surface area contributed by atoms with Crippen molar-refractivity contribution in [1.82, 2.24) is 15.5 Å². The van der Waals surface area contributed by atoms with E-state index in [0.717, 1.165) is 18.7 Å². The molecule has 0 heterocycles. The van der Waals surface area contributed by atoms with Crippen LogP contribution in [0.3, 0.4) is 0 Å². The summed E-state index contributed by atoms with van der Waals surface area (Å²) in [7, 11) is 3.50. The van der Waals surface area contributed by atoms with Gasteiger partial charge >= 0.3 is 0 Å². The SMILES string of the molecule is CCc1ccccc1CN=C(NCCSC)NCC(=O)N(C)C.I. The van der Waals surface area contributed by atoms with Crippen molar-refractivity contribution in [2.24, 2.45) is 4.99 Å². The molecule has 2 N–H and O–H groups in total. The number of carbonyl (C=O) groups excluding carboxylic acids is 1. The normalized spacial score (nSPS) is 10.8. The number of aryl methyl sites for hydroxylation is 1. The quantitative estimate of drug-likeness (QED) is 0.269. The predicted molar refractivity (Wildman–Crippen MR) is 115 cm³/mol. The molecule has 0 atom stereocenters. The van der Waals surface area contributed by atoms with Gasteiger partial charge in [0.15, 0.2) is 5.96 Å². The number of benzene rings is 1. The van der Waals surface area contributed by atoms with Gasteiger partial charge in [0.05, 0.1) is 13.1 Å². The molecule has 1 amide bonds. The maximum absolute atomic E-state index is 11.7. The largest absolute Gasteiger partial charge is 0.356 e. The van der Waals surface area contributed by atoms with Gasteiger partial charge < -0.3 is 15.5 Å². The molecule has 24 heavy (non-hydrogen) atoms. The summed E-state index contributed by atoms with van der Waals surface area (Å²) < 4.78 is 0. The molecule has 1 aromatic carbocycles. The van der Waals surface area contributed by atoms with E-state index in [9.17, 15) is 4.79 Å². The van der Waals surface area contributed by atoms with E-state index in [1.165, 1.54) is 11.1 Å². The minimum atomic E-state index is 0. The van der Waals surface area contributed by atoms with Crippen LogP contribution in [0, 0.1) is 0 Å². The highest BCUT2D eigenvalue weighted by Gasteiger charge is 2.06. The van der Waals surface area contributed by atoms with Crippen molar-refractivity contribution in [3.8, 4) is 0 Å². The topological polar surface area (TPSA) is 56.7 Å². The van der Waals surface area contributed by atoms with Crippen LogP contribution in [0.1, 0.15) is 18.1 Å². The Hall–Kier alpha value is -0.960. The third kappa shape index (κ3) is 8.77. The van der Waals surface area contributed by atoms with Crippen LogP contribution in [0.4, 0.5) is 0 Å². The van der Waals surface area contributed by atoms with Crippen molar-refractivity contribution < 1.29 is 4.79 Å². The highest BCUT2D eigenvalue weighted by molar-refractivity contribution is 14.0. The number of likely N-dealkylation sites (N-methyl/N-ethyl adjacent to an activating group) is 1. The number of carbonyl (C=O) groups is 1. The van der Waals surface area contributed by atoms with Crippen LogP contribution in [-0.2, 0) is 17.8 Å². The fourth-order valence-corrected chi connectivity index (χ4v) is 2.29. The van der Waals surface area contributed by atoms with Crippen LogP contribution in [0.5, 0.6) is 0 Å². The first-order valence-electron chi connectivity index (χ1n) is 7.86. The third-order valence-electron chi connectivity index (χ3n) is 3.41. The first-order chi connectivity index (χ1) is 11.1. The number of guanidine groups is 1. The molecular formula is C17H29IN4OS. The third-order valence-corrected chi connectivity index (χ3v) is 4.02. The molecule has 0 aliphatic heterocycles. The van der Waals surface area contributed by atoms with Crippen molar-refractivity contribution in [3.05, 3.63) is 35.4 Å². The smallest absolute Gasteiger partial charge is 0.241 e. The van der Waals surface area contributed by atoms with Gasteiger partial charge in [-0.05, 0) is 23.8 Å². The summed E-state index contributed by atoms with van der Waals surface area (Å²) in [6, 6.07) is 8.33. The van der Waals surface area contributed by atoms with E-state index >= 15 is 0 Å². The number of halogens is 1. The fraction of sp³-hybridized carbons (Fsp3) is 0.529. The second-order valence-corrected chi connectivity index (χ2v) is 6.33. The summed E-state index contributed by atoms with van der Waals surface area (Å²) in [6.07, 6.45) is 3.06. The van der Waals surface area contributed by atoms with E-state index in [2.05, 4.69) is 47.0 Å². The molecule has 0 saturated heterocycles. The second kappa shape index (κ2) is 13.3. The molecule has 1 aromatic rings. The van der Waals surface area contributed by atoms with Crippen molar-refractivity contribution in [2.75, 3.05) is 39.2 Å². The van der Waals surface area contributed by atoms with Crippen molar-refractivity contribution in [1.29, 1.82) is 0 Å². The van der Waals surface area contributed by atoms with Crippen LogP contribution >= 0.6 is 35.7 Å². The van der Waals surface area contributed by atoms with Crippen LogP contribution < -0.4 is 10.6 Å². The van der Waals surface area contributed by atoms with Gasteiger partial charge in [-0.15, -0.1) is 24.0 Å². The first-order valence-corrected chi connectivity index (χ1v) is 9.25. The van der Waals surface area contributed by atoms with Crippen molar-refractivity contribution >= 4 is 47.6 Å². The molecule has 0 fully saturated rings. The monoisotopic (exact) mass is 464 g/mol. The zero-order valence-corrected chi connectivity index (χ0v) is 18.1. The molecule has 1 rings (SSSR count). The fourth-order valence-electron chi connectivity index (χ4n) is 1.98. The minimum absolute atomic E-state index is 0. The second-order valence-electron chi connectivity index (χ2n) is 5.35. The van der Waals surface area contributed by atoms with Gasteiger partial charge in [-0.1, -0.05) is 31.2 Å². The molecule has 0 aromatic heterocycles. The van der Waals surface area contributed by atoms with E-state index in [-0.39, 0.29) is 36.4 Å². The van der Waals surface area contributed by atoms with E-state index in [1.807, 2.05) is 6.07 Å². The molecule has 136 valence electrons. The summed E-state index contributed by atoms with van der Waals surface area (Å²) in [5.41, 5.74) is 2.53. The van der Waals surface area contributed by atoms with Crippen LogP contribution in [0.25, 0.3) is 0 Å². The predicted octanol–water partition coefficient (Wildman–Crippen LogP) is 2.35. The molecule has 0 aliphatic carbocycles. The average Bonchev–Trinajstić information content (AvgIpc) is 2.56. The maximum atomic E-state index is 11.7. The molecule has 0 unspecified atom stereocenters. The van der Waals surface area contributed by atoms with Gasteiger partial charge in [0.25, 0.3) is 0 Å². The van der Waals surface area contributed by atoms with Gasteiger partial charge in [-0.3, -0.25) is 4.79 Å². The molecule has 0 saturated carbocycles. The summed E-state index contributed by atoms with van der Waals surface area (Å²) in [6.45, 7) is 3.81. The summed E-state index contributed by atoms with van der Waals surface area (Å²) in [5, 5.41) is 6.38. The molecule has 5 nitrogen and oxygen atoms in total. The van der Waals surface area contributed by atoms with Crippen molar-refractivity contribution in [2.45, 2.75) is 19.9 Å². The highest BCUT2D eigenvalue weighted by atomic mass is 127. The lowest BCUT2D eigenvalue weighted by Gasteiger charge is -2.15. The number of thioether (sulfide) groups is 1. The Bertz CT molecular complexity index is 523. The Labute approximate surface area is 167 Å². The zero-order chi connectivity index (χ0) is 17.1. The van der Waals surface area contributed by atoms with E-state index in [1.54, 1.807) is 30.8 Å². The molecule has 0 radical (unpaired) electrons. The van der Waals surface area contributed by atoms with E-state index < -0.39 is 0 Å². The van der Waals surface area contributed by atoms with E-state index in [0.29, 0.717) is 12.5 Å². The Morgan fingerprint density at radius 1 is 1.21 bits per heavy atom. The van der Waals surface area contributed by atoms with Gasteiger partial charge in [0, 0.05) is 26.4 Å². The van der Waals surface area contributed by atoms with E-state index in [4.69, 9.17) is 0 Å². The number of nitrogens with one attached hydrogen (secondary N) is 2. The van der Waals surface area contributed by atoms with Gasteiger partial charge in [0.1, 0.15) is 0 Å². The van der Waals surface area contributed by atoms with Gasteiger partial charge in [0.2, 0.25) is 5.91 Å². The molecule has 7 heteroatoms.